The Morgan fingerprint density at radius 1 is 1.56 bits per heavy atom. The minimum absolute atomic E-state index is 0.0776. The number of nitrogen functional groups attached to an aromatic ring is 1. The van der Waals surface area contributed by atoms with Gasteiger partial charge in [-0.2, -0.15) is 0 Å². The lowest BCUT2D eigenvalue weighted by molar-refractivity contribution is -0.124. The Hall–Kier alpha value is -1.55. The minimum Gasteiger partial charge on any atom is -0.398 e. The number of nitrogens with two attached hydrogens (primary N) is 1. The second-order valence-corrected chi connectivity index (χ2v) is 4.01. The Kier molecular flexibility index (Phi) is 3.10. The maximum absolute atomic E-state index is 11.8. The lowest BCUT2D eigenvalue weighted by Crippen LogP contribution is -2.27. The van der Waals surface area contributed by atoms with E-state index in [-0.39, 0.29) is 12.0 Å². The molecule has 3 N–H and O–H groups in total. The highest BCUT2D eigenvalue weighted by Gasteiger charge is 2.23. The predicted molar refractivity (Wildman–Crippen MR) is 63.2 cm³/mol. The van der Waals surface area contributed by atoms with Crippen molar-refractivity contribution < 1.29 is 9.53 Å². The van der Waals surface area contributed by atoms with Crippen molar-refractivity contribution in [2.45, 2.75) is 25.9 Å². The lowest BCUT2D eigenvalue weighted by Gasteiger charge is -2.13. The van der Waals surface area contributed by atoms with E-state index in [2.05, 4.69) is 5.32 Å². The molecule has 4 heteroatoms. The molecule has 1 amide bonds. The summed E-state index contributed by atoms with van der Waals surface area (Å²) in [4.78, 5) is 11.8. The first-order valence-corrected chi connectivity index (χ1v) is 5.46. The summed E-state index contributed by atoms with van der Waals surface area (Å²) in [7, 11) is 0. The number of carbonyl (C=O) groups is 1. The van der Waals surface area contributed by atoms with E-state index in [1.54, 1.807) is 0 Å². The van der Waals surface area contributed by atoms with Gasteiger partial charge in [-0.25, -0.2) is 0 Å². The van der Waals surface area contributed by atoms with Gasteiger partial charge in [0.15, 0.2) is 0 Å². The third-order valence-electron chi connectivity index (χ3n) is 2.86. The van der Waals surface area contributed by atoms with Crippen LogP contribution in [0.15, 0.2) is 18.2 Å². The summed E-state index contributed by atoms with van der Waals surface area (Å²) in [6, 6.07) is 5.49. The largest absolute Gasteiger partial charge is 0.398 e. The quantitative estimate of drug-likeness (QED) is 0.745. The zero-order valence-electron chi connectivity index (χ0n) is 9.32. The van der Waals surface area contributed by atoms with Crippen molar-refractivity contribution in [3.8, 4) is 0 Å². The second-order valence-electron chi connectivity index (χ2n) is 4.01. The van der Waals surface area contributed by atoms with E-state index in [1.165, 1.54) is 0 Å². The van der Waals surface area contributed by atoms with Gasteiger partial charge in [-0.3, -0.25) is 4.79 Å². The van der Waals surface area contributed by atoms with Crippen molar-refractivity contribution in [1.82, 2.24) is 0 Å². The molecule has 0 aromatic heterocycles. The van der Waals surface area contributed by atoms with Crippen LogP contribution in [0.25, 0.3) is 0 Å². The molecule has 1 atom stereocenters. The van der Waals surface area contributed by atoms with Crippen molar-refractivity contribution >= 4 is 17.3 Å². The summed E-state index contributed by atoms with van der Waals surface area (Å²) in [5, 5.41) is 2.85. The van der Waals surface area contributed by atoms with Crippen LogP contribution in [0.1, 0.15) is 18.4 Å². The molecule has 0 unspecified atom stereocenters. The summed E-state index contributed by atoms with van der Waals surface area (Å²) in [5.41, 5.74) is 8.11. The fourth-order valence-electron chi connectivity index (χ4n) is 1.79. The lowest BCUT2D eigenvalue weighted by atomic mass is 10.1. The third kappa shape index (κ3) is 2.17. The van der Waals surface area contributed by atoms with E-state index in [1.807, 2.05) is 25.1 Å². The number of amides is 1. The van der Waals surface area contributed by atoms with E-state index in [0.717, 1.165) is 24.1 Å². The zero-order chi connectivity index (χ0) is 11.5. The third-order valence-corrected chi connectivity index (χ3v) is 2.86. The Morgan fingerprint density at radius 2 is 2.38 bits per heavy atom. The van der Waals surface area contributed by atoms with Crippen molar-refractivity contribution in [3.05, 3.63) is 23.8 Å². The summed E-state index contributed by atoms with van der Waals surface area (Å²) >= 11 is 0. The van der Waals surface area contributed by atoms with Crippen molar-refractivity contribution in [2.24, 2.45) is 0 Å². The van der Waals surface area contributed by atoms with Crippen LogP contribution in [0.5, 0.6) is 0 Å². The molecule has 1 aromatic rings. The van der Waals surface area contributed by atoms with E-state index >= 15 is 0 Å². The first kappa shape index (κ1) is 11.0. The van der Waals surface area contributed by atoms with Gasteiger partial charge < -0.3 is 15.8 Å². The van der Waals surface area contributed by atoms with Gasteiger partial charge in [-0.05, 0) is 37.5 Å². The van der Waals surface area contributed by atoms with Crippen LogP contribution in [0.4, 0.5) is 11.4 Å². The highest BCUT2D eigenvalue weighted by molar-refractivity contribution is 5.95. The van der Waals surface area contributed by atoms with E-state index in [0.29, 0.717) is 12.3 Å². The standard InChI is InChI=1S/C12H16N2O2/c1-8-9(13)4-2-5-10(8)14-12(15)11-6-3-7-16-11/h2,4-5,11H,3,6-7,13H2,1H3,(H,14,15)/t11-/m1/s1. The Balaban J connectivity index is 2.08. The number of hydrogen-bond acceptors (Lipinski definition) is 3. The van der Waals surface area contributed by atoms with Gasteiger partial charge in [-0.1, -0.05) is 6.07 Å². The smallest absolute Gasteiger partial charge is 0.253 e. The molecule has 1 aliphatic heterocycles. The van der Waals surface area contributed by atoms with Gasteiger partial charge in [0, 0.05) is 18.0 Å². The van der Waals surface area contributed by atoms with Crippen LogP contribution in [0.3, 0.4) is 0 Å². The molecule has 0 spiro atoms. The summed E-state index contributed by atoms with van der Waals surface area (Å²) in [5.74, 6) is -0.0776. The number of anilines is 2. The van der Waals surface area contributed by atoms with Gasteiger partial charge in [0.1, 0.15) is 6.10 Å². The molecule has 1 saturated heterocycles. The van der Waals surface area contributed by atoms with Gasteiger partial charge >= 0.3 is 0 Å². The Labute approximate surface area is 94.8 Å². The molecular formula is C12H16N2O2. The molecule has 1 fully saturated rings. The second kappa shape index (κ2) is 4.53. The summed E-state index contributed by atoms with van der Waals surface area (Å²) in [6.45, 7) is 2.56. The fraction of sp³-hybridized carbons (Fsp3) is 0.417. The first-order chi connectivity index (χ1) is 7.68. The fourth-order valence-corrected chi connectivity index (χ4v) is 1.79. The van der Waals surface area contributed by atoms with Gasteiger partial charge in [0.2, 0.25) is 0 Å². The monoisotopic (exact) mass is 220 g/mol. The zero-order valence-corrected chi connectivity index (χ0v) is 9.32. The molecule has 1 aromatic carbocycles. The minimum atomic E-state index is -0.305. The number of benzene rings is 1. The molecule has 16 heavy (non-hydrogen) atoms. The molecule has 4 nitrogen and oxygen atoms in total. The summed E-state index contributed by atoms with van der Waals surface area (Å²) in [6.07, 6.45) is 1.45. The molecule has 1 aliphatic rings. The number of ether oxygens (including phenoxy) is 1. The Bertz CT molecular complexity index is 398. The average molecular weight is 220 g/mol. The van der Waals surface area contributed by atoms with E-state index < -0.39 is 0 Å². The molecule has 0 saturated carbocycles. The number of hydrogen-bond donors (Lipinski definition) is 2. The van der Waals surface area contributed by atoms with E-state index in [9.17, 15) is 4.79 Å². The number of rotatable bonds is 2. The molecule has 0 radical (unpaired) electrons. The Morgan fingerprint density at radius 3 is 3.06 bits per heavy atom. The van der Waals surface area contributed by atoms with Crippen molar-refractivity contribution in [3.63, 3.8) is 0 Å². The highest BCUT2D eigenvalue weighted by atomic mass is 16.5. The van der Waals surface area contributed by atoms with E-state index in [4.69, 9.17) is 10.5 Å². The summed E-state index contributed by atoms with van der Waals surface area (Å²) < 4.78 is 5.31. The van der Waals surface area contributed by atoms with Crippen LogP contribution in [-0.4, -0.2) is 18.6 Å². The molecule has 86 valence electrons. The molecule has 0 bridgehead atoms. The maximum atomic E-state index is 11.8. The number of nitrogens with one attached hydrogen (secondary N) is 1. The molecule has 1 heterocycles. The predicted octanol–water partition coefficient (Wildman–Crippen LogP) is 1.69. The van der Waals surface area contributed by atoms with Crippen LogP contribution in [0.2, 0.25) is 0 Å². The molecular weight excluding hydrogens is 204 g/mol. The molecule has 2 rings (SSSR count). The van der Waals surface area contributed by atoms with Crippen molar-refractivity contribution in [2.75, 3.05) is 17.7 Å². The average Bonchev–Trinajstić information content (AvgIpc) is 2.78. The normalized spacial score (nSPS) is 19.7. The van der Waals surface area contributed by atoms with Crippen molar-refractivity contribution in [1.29, 1.82) is 0 Å². The number of carbonyl (C=O) groups excluding carboxylic acids is 1. The highest BCUT2D eigenvalue weighted by Crippen LogP contribution is 2.22. The topological polar surface area (TPSA) is 64.3 Å². The molecule has 0 aliphatic carbocycles. The van der Waals surface area contributed by atoms with Gasteiger partial charge in [0.05, 0.1) is 0 Å². The van der Waals surface area contributed by atoms with Crippen LogP contribution in [0, 0.1) is 6.92 Å². The SMILES string of the molecule is Cc1c(N)cccc1NC(=O)[C@H]1CCCO1. The van der Waals surface area contributed by atoms with Crippen LogP contribution >= 0.6 is 0 Å². The first-order valence-electron chi connectivity index (χ1n) is 5.46. The van der Waals surface area contributed by atoms with Gasteiger partial charge in [0.25, 0.3) is 5.91 Å². The van der Waals surface area contributed by atoms with Crippen LogP contribution < -0.4 is 11.1 Å². The maximum Gasteiger partial charge on any atom is 0.253 e. The van der Waals surface area contributed by atoms with Crippen LogP contribution in [-0.2, 0) is 9.53 Å². The van der Waals surface area contributed by atoms with Gasteiger partial charge in [-0.15, -0.1) is 0 Å².